The quantitative estimate of drug-likeness (QED) is 0.130. The molecule has 0 spiro atoms. The summed E-state index contributed by atoms with van der Waals surface area (Å²) in [5.41, 5.74) is 0.0186. The van der Waals surface area contributed by atoms with E-state index in [0.717, 1.165) is 16.7 Å². The molecule has 1 aromatic carbocycles. The zero-order valence-corrected chi connectivity index (χ0v) is 22.5. The molecular weight excluding hydrogens is 562 g/mol. The van der Waals surface area contributed by atoms with E-state index in [1.807, 2.05) is 0 Å². The summed E-state index contributed by atoms with van der Waals surface area (Å²) in [5.74, 6) is -6.71. The number of amides is 4. The first kappa shape index (κ1) is 29.5. The minimum absolute atomic E-state index is 0.0192. The summed E-state index contributed by atoms with van der Waals surface area (Å²) in [5, 5.41) is 21.2. The fourth-order valence-corrected chi connectivity index (χ4v) is 6.10. The summed E-state index contributed by atoms with van der Waals surface area (Å²) in [4.78, 5) is 98.9. The molecule has 0 bridgehead atoms. The van der Waals surface area contributed by atoms with E-state index in [0.29, 0.717) is 4.90 Å². The molecule has 15 heteroatoms. The first-order valence-electron chi connectivity index (χ1n) is 12.5. The summed E-state index contributed by atoms with van der Waals surface area (Å²) in [6, 6.07) is 3.45. The fraction of sp³-hybridized carbons (Fsp3) is 0.385. The number of β-lactam (4-membered cyclic amide) rings is 1. The van der Waals surface area contributed by atoms with Crippen molar-refractivity contribution in [1.82, 2.24) is 15.1 Å². The maximum absolute atomic E-state index is 12.8. The fourth-order valence-electron chi connectivity index (χ4n) is 4.77. The summed E-state index contributed by atoms with van der Waals surface area (Å²) in [7, 11) is 0. The van der Waals surface area contributed by atoms with E-state index < -0.39 is 77.8 Å². The molecule has 3 N–H and O–H groups in total. The molecule has 0 aliphatic carbocycles. The van der Waals surface area contributed by atoms with Crippen molar-refractivity contribution < 1.29 is 53.3 Å². The number of rotatable bonds is 12. The van der Waals surface area contributed by atoms with Crippen LogP contribution < -0.4 is 5.32 Å². The summed E-state index contributed by atoms with van der Waals surface area (Å²) >= 11 is 1.16. The molecular formula is C26H25N3O11S. The van der Waals surface area contributed by atoms with Crippen molar-refractivity contribution >= 4 is 59.1 Å². The standard InChI is InChI=1S/C26H25N3O11S/c1-12(30)9-18(32)40-10-13-11-41-24-19(23(35)29(24)20(13)26(38)39)27-17(31)8-4-7-16(25(36)37)28-21(33)14-5-2-3-6-15(14)22(28)34/h2-3,5-6,16,19,24H,4,7-11H2,1H3,(H,27,31)(H,36,37)(H,38,39). The van der Waals surface area contributed by atoms with E-state index in [9.17, 15) is 48.6 Å². The molecule has 0 saturated carbocycles. The number of esters is 1. The Morgan fingerprint density at radius 1 is 1.07 bits per heavy atom. The van der Waals surface area contributed by atoms with E-state index in [1.165, 1.54) is 19.1 Å². The largest absolute Gasteiger partial charge is 0.480 e. The van der Waals surface area contributed by atoms with Gasteiger partial charge in [-0.2, -0.15) is 0 Å². The predicted octanol–water partition coefficient (Wildman–Crippen LogP) is 0.167. The van der Waals surface area contributed by atoms with Crippen LogP contribution in [-0.2, 0) is 33.5 Å². The Bertz CT molecular complexity index is 1370. The number of carboxylic acids is 2. The van der Waals surface area contributed by atoms with Gasteiger partial charge in [0.1, 0.15) is 42.0 Å². The van der Waals surface area contributed by atoms with Gasteiger partial charge < -0.3 is 20.3 Å². The highest BCUT2D eigenvalue weighted by molar-refractivity contribution is 8.00. The van der Waals surface area contributed by atoms with Crippen LogP contribution in [0.25, 0.3) is 0 Å². The SMILES string of the molecule is CC(=O)CC(=O)OCC1=C(C(=O)O)N2C(=O)C(NC(=O)CCCC(C(=O)O)N3C(=O)c4ccccc4C3=O)C2SC1. The van der Waals surface area contributed by atoms with Gasteiger partial charge in [-0.3, -0.25) is 38.6 Å². The summed E-state index contributed by atoms with van der Waals surface area (Å²) < 4.78 is 4.97. The number of Topliss-reactive ketones (excluding diaryl/α,β-unsaturated/α-hetero) is 1. The van der Waals surface area contributed by atoms with Crippen LogP contribution in [0.5, 0.6) is 0 Å². The topological polar surface area (TPSA) is 205 Å². The van der Waals surface area contributed by atoms with Gasteiger partial charge >= 0.3 is 17.9 Å². The Kier molecular flexibility index (Phi) is 8.56. The molecule has 41 heavy (non-hydrogen) atoms. The second kappa shape index (κ2) is 11.9. The number of ketones is 1. The number of nitrogens with zero attached hydrogens (tertiary/aromatic N) is 2. The zero-order valence-electron chi connectivity index (χ0n) is 21.7. The third-order valence-corrected chi connectivity index (χ3v) is 8.01. The van der Waals surface area contributed by atoms with Crippen LogP contribution in [-0.4, -0.2) is 97.2 Å². The Hall–Kier alpha value is -4.53. The van der Waals surface area contributed by atoms with Crippen LogP contribution in [0.2, 0.25) is 0 Å². The number of ether oxygens (including phenoxy) is 1. The van der Waals surface area contributed by atoms with Gasteiger partial charge in [-0.25, -0.2) is 9.59 Å². The van der Waals surface area contributed by atoms with Crippen molar-refractivity contribution in [3.63, 3.8) is 0 Å². The average molecular weight is 588 g/mol. The number of nitrogens with one attached hydrogen (secondary N) is 1. The van der Waals surface area contributed by atoms with Gasteiger partial charge in [0.2, 0.25) is 5.91 Å². The Labute approximate surface area is 236 Å². The van der Waals surface area contributed by atoms with E-state index in [1.54, 1.807) is 12.1 Å². The van der Waals surface area contributed by atoms with Crippen LogP contribution in [0.15, 0.2) is 35.5 Å². The number of carboxylic acid groups (broad SMARTS) is 2. The van der Waals surface area contributed by atoms with Gasteiger partial charge in [0.15, 0.2) is 0 Å². The lowest BCUT2D eigenvalue weighted by atomic mass is 10.0. The van der Waals surface area contributed by atoms with E-state index >= 15 is 0 Å². The van der Waals surface area contributed by atoms with Crippen molar-refractivity contribution in [2.45, 2.75) is 50.1 Å². The van der Waals surface area contributed by atoms with Gasteiger partial charge in [0.25, 0.3) is 17.7 Å². The van der Waals surface area contributed by atoms with Crippen LogP contribution in [0.3, 0.4) is 0 Å². The highest BCUT2D eigenvalue weighted by Gasteiger charge is 2.54. The van der Waals surface area contributed by atoms with Crippen molar-refractivity contribution in [3.8, 4) is 0 Å². The number of aliphatic carboxylic acids is 2. The van der Waals surface area contributed by atoms with Crippen molar-refractivity contribution in [2.75, 3.05) is 12.4 Å². The van der Waals surface area contributed by atoms with Crippen LogP contribution in [0.4, 0.5) is 0 Å². The van der Waals surface area contributed by atoms with Gasteiger partial charge in [-0.1, -0.05) is 12.1 Å². The normalized spacial score (nSPS) is 20.2. The van der Waals surface area contributed by atoms with Crippen LogP contribution >= 0.6 is 11.8 Å². The van der Waals surface area contributed by atoms with Gasteiger partial charge in [0, 0.05) is 17.7 Å². The summed E-state index contributed by atoms with van der Waals surface area (Å²) in [6.45, 7) is 0.794. The number of hydrogen-bond acceptors (Lipinski definition) is 10. The zero-order chi connectivity index (χ0) is 30.0. The minimum Gasteiger partial charge on any atom is -0.480 e. The monoisotopic (exact) mass is 587 g/mol. The molecule has 3 aliphatic rings. The second-order valence-electron chi connectivity index (χ2n) is 9.52. The van der Waals surface area contributed by atoms with Crippen molar-refractivity contribution in [1.29, 1.82) is 0 Å². The van der Waals surface area contributed by atoms with E-state index in [-0.39, 0.29) is 47.4 Å². The van der Waals surface area contributed by atoms with Crippen LogP contribution in [0, 0.1) is 0 Å². The maximum atomic E-state index is 12.8. The molecule has 4 amide bonds. The Morgan fingerprint density at radius 2 is 1.71 bits per heavy atom. The van der Waals surface area contributed by atoms with Gasteiger partial charge in [0.05, 0.1) is 11.1 Å². The van der Waals surface area contributed by atoms with Gasteiger partial charge in [-0.15, -0.1) is 11.8 Å². The molecule has 1 aromatic rings. The lowest BCUT2D eigenvalue weighted by Gasteiger charge is -2.49. The number of carbonyl (C=O) groups is 8. The smallest absolute Gasteiger partial charge is 0.352 e. The molecule has 3 aliphatic heterocycles. The number of thioether (sulfide) groups is 1. The predicted molar refractivity (Wildman–Crippen MR) is 138 cm³/mol. The third kappa shape index (κ3) is 5.84. The van der Waals surface area contributed by atoms with Gasteiger partial charge in [-0.05, 0) is 31.9 Å². The third-order valence-electron chi connectivity index (χ3n) is 6.67. The first-order valence-corrected chi connectivity index (χ1v) is 13.5. The Balaban J connectivity index is 1.33. The molecule has 216 valence electrons. The molecule has 0 radical (unpaired) electrons. The second-order valence-corrected chi connectivity index (χ2v) is 10.6. The number of carbonyl (C=O) groups excluding carboxylic acids is 6. The number of fused-ring (bicyclic) bond motifs is 2. The molecule has 0 aromatic heterocycles. The molecule has 1 fully saturated rings. The lowest BCUT2D eigenvalue weighted by molar-refractivity contribution is -0.151. The summed E-state index contributed by atoms with van der Waals surface area (Å²) in [6.07, 6.45) is -0.899. The molecule has 3 atom stereocenters. The molecule has 4 rings (SSSR count). The Morgan fingerprint density at radius 3 is 2.27 bits per heavy atom. The van der Waals surface area contributed by atoms with E-state index in [4.69, 9.17) is 4.74 Å². The number of benzene rings is 1. The van der Waals surface area contributed by atoms with Crippen LogP contribution in [0.1, 0.15) is 53.3 Å². The van der Waals surface area contributed by atoms with Crippen molar-refractivity contribution in [3.05, 3.63) is 46.7 Å². The van der Waals surface area contributed by atoms with E-state index in [2.05, 4.69) is 5.32 Å². The first-order chi connectivity index (χ1) is 19.4. The maximum Gasteiger partial charge on any atom is 0.352 e. The molecule has 3 heterocycles. The highest BCUT2D eigenvalue weighted by Crippen LogP contribution is 2.40. The molecule has 14 nitrogen and oxygen atoms in total. The van der Waals surface area contributed by atoms with Crippen molar-refractivity contribution in [2.24, 2.45) is 0 Å². The number of imide groups is 1. The lowest BCUT2D eigenvalue weighted by Crippen LogP contribution is -2.70. The molecule has 1 saturated heterocycles. The highest BCUT2D eigenvalue weighted by atomic mass is 32.2. The number of hydrogen-bond donors (Lipinski definition) is 3. The minimum atomic E-state index is -1.49. The average Bonchev–Trinajstić information content (AvgIpc) is 3.16. The molecule has 3 unspecified atom stereocenters.